The lowest BCUT2D eigenvalue weighted by atomic mass is 9.92. The molecule has 35 heavy (non-hydrogen) atoms. The number of nitrogens with zero attached hydrogens (tertiary/aromatic N) is 4. The first-order valence-electron chi connectivity index (χ1n) is 11.0. The lowest BCUT2D eigenvalue weighted by Crippen LogP contribution is -2.46. The number of carboxylic acids is 1. The zero-order chi connectivity index (χ0) is 24.5. The lowest BCUT2D eigenvalue weighted by molar-refractivity contribution is -0.138. The van der Waals surface area contributed by atoms with Crippen molar-refractivity contribution in [1.29, 1.82) is 0 Å². The number of hydrogen-bond acceptors (Lipinski definition) is 6. The quantitative estimate of drug-likeness (QED) is 0.366. The molecule has 0 saturated heterocycles. The number of anilines is 2. The summed E-state index contributed by atoms with van der Waals surface area (Å²) in [7, 11) is 0. The summed E-state index contributed by atoms with van der Waals surface area (Å²) in [4.78, 5) is 26.9. The first-order chi connectivity index (χ1) is 16.9. The molecule has 0 fully saturated rings. The Bertz CT molecular complexity index is 1490. The van der Waals surface area contributed by atoms with Crippen LogP contribution in [0.5, 0.6) is 0 Å². The minimum atomic E-state index is -0.867. The van der Waals surface area contributed by atoms with Gasteiger partial charge in [0, 0.05) is 29.9 Å². The number of carbonyl (C=O) groups excluding carboxylic acids is 1. The molecule has 176 valence electrons. The molecule has 1 aliphatic heterocycles. The molecule has 1 atom stereocenters. The summed E-state index contributed by atoms with van der Waals surface area (Å²) in [6, 6.07) is 19.7. The molecule has 0 aliphatic carbocycles. The van der Waals surface area contributed by atoms with Crippen LogP contribution in [0.1, 0.15) is 27.0 Å². The van der Waals surface area contributed by atoms with Gasteiger partial charge < -0.3 is 15.3 Å². The normalized spacial score (nSPS) is 14.9. The number of nitrogens with one attached hydrogen (secondary N) is 2. The number of amides is 1. The van der Waals surface area contributed by atoms with Crippen LogP contribution in [0.2, 0.25) is 0 Å². The molecular weight excluding hydrogens is 464 g/mol. The molecule has 2 heterocycles. The number of hydrogen-bond donors (Lipinski definition) is 3. The highest BCUT2D eigenvalue weighted by molar-refractivity contribution is 7.71. The van der Waals surface area contributed by atoms with Crippen molar-refractivity contribution in [2.24, 2.45) is 0 Å². The van der Waals surface area contributed by atoms with E-state index in [1.54, 1.807) is 30.3 Å². The Balaban J connectivity index is 1.38. The molecular formula is C25H22N6O3S. The second-order valence-corrected chi connectivity index (χ2v) is 8.74. The van der Waals surface area contributed by atoms with Crippen LogP contribution in [0.25, 0.3) is 5.69 Å². The second kappa shape index (κ2) is 9.15. The van der Waals surface area contributed by atoms with Crippen LogP contribution in [0.15, 0.2) is 66.7 Å². The molecule has 4 aromatic rings. The van der Waals surface area contributed by atoms with Gasteiger partial charge in [0.15, 0.2) is 0 Å². The van der Waals surface area contributed by atoms with E-state index in [1.807, 2.05) is 48.2 Å². The van der Waals surface area contributed by atoms with E-state index >= 15 is 0 Å². The number of H-pyrrole nitrogens is 1. The molecule has 5 rings (SSSR count). The van der Waals surface area contributed by atoms with Gasteiger partial charge in [-0.3, -0.25) is 4.79 Å². The van der Waals surface area contributed by atoms with Gasteiger partial charge in [-0.05, 0) is 72.2 Å². The van der Waals surface area contributed by atoms with Gasteiger partial charge in [0.1, 0.15) is 6.04 Å². The summed E-state index contributed by atoms with van der Waals surface area (Å²) in [5.74, 6) is -1.14. The summed E-state index contributed by atoms with van der Waals surface area (Å²) in [6.45, 7) is 2.39. The highest BCUT2D eigenvalue weighted by Crippen LogP contribution is 2.31. The van der Waals surface area contributed by atoms with Crippen molar-refractivity contribution in [3.63, 3.8) is 0 Å². The number of carbonyl (C=O) groups is 2. The Morgan fingerprint density at radius 1 is 1.09 bits per heavy atom. The minimum Gasteiger partial charge on any atom is -0.480 e. The number of aromatic nitrogens is 4. The van der Waals surface area contributed by atoms with Crippen LogP contribution in [0, 0.1) is 11.7 Å². The van der Waals surface area contributed by atoms with Crippen molar-refractivity contribution in [3.8, 4) is 5.69 Å². The third kappa shape index (κ3) is 4.43. The van der Waals surface area contributed by atoms with Gasteiger partial charge in [0.2, 0.25) is 4.77 Å². The van der Waals surface area contributed by atoms with E-state index in [1.165, 1.54) is 4.68 Å². The fourth-order valence-electron chi connectivity index (χ4n) is 4.41. The standard InChI is InChI=1S/C25H22N6O3S/c1-15-11-17(23(32)26-19-7-4-8-20(13-19)31-25(35)27-28-29-31)9-10-21(15)30-14-18-6-3-2-5-16(18)12-22(30)24(33)34/h2-11,13,22H,12,14H2,1H3,(H,26,32)(H,33,34)(H,27,29,35). The maximum absolute atomic E-state index is 13.0. The van der Waals surface area contributed by atoms with Crippen LogP contribution in [-0.4, -0.2) is 43.2 Å². The van der Waals surface area contributed by atoms with Crippen molar-refractivity contribution in [3.05, 3.63) is 93.8 Å². The first-order valence-corrected chi connectivity index (χ1v) is 11.4. The average molecular weight is 487 g/mol. The largest absolute Gasteiger partial charge is 0.480 e. The molecule has 3 aromatic carbocycles. The number of carboxylic acid groups (broad SMARTS) is 1. The zero-order valence-electron chi connectivity index (χ0n) is 18.8. The Morgan fingerprint density at radius 2 is 1.89 bits per heavy atom. The second-order valence-electron chi connectivity index (χ2n) is 8.38. The molecule has 0 radical (unpaired) electrons. The fraction of sp³-hybridized carbons (Fsp3) is 0.160. The highest BCUT2D eigenvalue weighted by atomic mass is 32.1. The van der Waals surface area contributed by atoms with Gasteiger partial charge >= 0.3 is 5.97 Å². The average Bonchev–Trinajstić information content (AvgIpc) is 3.29. The van der Waals surface area contributed by atoms with Crippen LogP contribution in [0.4, 0.5) is 11.4 Å². The Morgan fingerprint density at radius 3 is 2.60 bits per heavy atom. The van der Waals surface area contributed by atoms with Gasteiger partial charge in [-0.1, -0.05) is 40.6 Å². The monoisotopic (exact) mass is 486 g/mol. The molecule has 9 nitrogen and oxygen atoms in total. The molecule has 1 amide bonds. The van der Waals surface area contributed by atoms with E-state index in [9.17, 15) is 14.7 Å². The van der Waals surface area contributed by atoms with E-state index in [0.29, 0.717) is 29.9 Å². The number of fused-ring (bicyclic) bond motifs is 1. The number of benzene rings is 3. The maximum Gasteiger partial charge on any atom is 0.326 e. The Labute approximate surface area is 206 Å². The Kier molecular flexibility index (Phi) is 5.87. The summed E-state index contributed by atoms with van der Waals surface area (Å²) in [5.41, 5.74) is 5.54. The van der Waals surface area contributed by atoms with E-state index in [0.717, 1.165) is 22.4 Å². The predicted octanol–water partition coefficient (Wildman–Crippen LogP) is 3.90. The van der Waals surface area contributed by atoms with Gasteiger partial charge in [0.25, 0.3) is 5.91 Å². The van der Waals surface area contributed by atoms with Gasteiger partial charge in [0.05, 0.1) is 5.69 Å². The minimum absolute atomic E-state index is 0.276. The van der Waals surface area contributed by atoms with Crippen LogP contribution in [-0.2, 0) is 17.8 Å². The molecule has 10 heteroatoms. The highest BCUT2D eigenvalue weighted by Gasteiger charge is 2.32. The first kappa shape index (κ1) is 22.5. The Hall–Kier alpha value is -4.31. The van der Waals surface area contributed by atoms with Crippen molar-refractivity contribution in [2.45, 2.75) is 25.9 Å². The summed E-state index contributed by atoms with van der Waals surface area (Å²) in [6.07, 6.45) is 0.430. The third-order valence-electron chi connectivity index (χ3n) is 6.14. The number of tetrazole rings is 1. The molecule has 0 bridgehead atoms. The van der Waals surface area contributed by atoms with Crippen LogP contribution in [0.3, 0.4) is 0 Å². The summed E-state index contributed by atoms with van der Waals surface area (Å²) >= 11 is 5.13. The van der Waals surface area contributed by atoms with Gasteiger partial charge in [-0.25, -0.2) is 9.48 Å². The van der Waals surface area contributed by atoms with Crippen molar-refractivity contribution in [2.75, 3.05) is 10.2 Å². The number of aliphatic carboxylic acids is 1. The summed E-state index contributed by atoms with van der Waals surface area (Å²) < 4.78 is 1.80. The molecule has 1 aliphatic rings. The van der Waals surface area contributed by atoms with E-state index in [4.69, 9.17) is 12.2 Å². The fourth-order valence-corrected chi connectivity index (χ4v) is 4.59. The molecule has 0 saturated carbocycles. The van der Waals surface area contributed by atoms with Crippen LogP contribution >= 0.6 is 12.2 Å². The SMILES string of the molecule is Cc1cc(C(=O)Nc2cccc(-n3[nH]nnc3=S)c2)ccc1N1Cc2ccccc2CC1C(=O)O. The van der Waals surface area contributed by atoms with E-state index in [2.05, 4.69) is 20.8 Å². The third-order valence-corrected chi connectivity index (χ3v) is 6.40. The van der Waals surface area contributed by atoms with Crippen LogP contribution < -0.4 is 10.2 Å². The smallest absolute Gasteiger partial charge is 0.326 e. The maximum atomic E-state index is 13.0. The van der Waals surface area contributed by atoms with Crippen molar-refractivity contribution in [1.82, 2.24) is 20.2 Å². The molecule has 0 spiro atoms. The summed E-state index contributed by atoms with van der Waals surface area (Å²) in [5, 5.41) is 22.9. The number of aryl methyl sites for hydroxylation is 1. The van der Waals surface area contributed by atoms with Gasteiger partial charge in [-0.15, -0.1) is 0 Å². The van der Waals surface area contributed by atoms with E-state index < -0.39 is 12.0 Å². The zero-order valence-corrected chi connectivity index (χ0v) is 19.6. The van der Waals surface area contributed by atoms with Crippen molar-refractivity contribution < 1.29 is 14.7 Å². The number of aromatic amines is 1. The number of rotatable bonds is 5. The molecule has 1 aromatic heterocycles. The predicted molar refractivity (Wildman–Crippen MR) is 133 cm³/mol. The van der Waals surface area contributed by atoms with E-state index in [-0.39, 0.29) is 10.7 Å². The van der Waals surface area contributed by atoms with Crippen molar-refractivity contribution >= 4 is 35.5 Å². The topological polar surface area (TPSA) is 116 Å². The lowest BCUT2D eigenvalue weighted by Gasteiger charge is -2.37. The molecule has 1 unspecified atom stereocenters. The molecule has 3 N–H and O–H groups in total. The van der Waals surface area contributed by atoms with Gasteiger partial charge in [-0.2, -0.15) is 5.21 Å².